The van der Waals surface area contributed by atoms with E-state index in [4.69, 9.17) is 0 Å². The molecule has 1 aliphatic carbocycles. The molecule has 0 aromatic heterocycles. The van der Waals surface area contributed by atoms with Crippen LogP contribution >= 0.6 is 0 Å². The van der Waals surface area contributed by atoms with Crippen LogP contribution in [0.4, 0.5) is 8.78 Å². The van der Waals surface area contributed by atoms with Crippen molar-refractivity contribution in [2.45, 2.75) is 44.6 Å². The molecular weight excluding hydrogens is 150 g/mol. The van der Waals surface area contributed by atoms with E-state index in [1.54, 1.807) is 0 Å². The molecule has 0 aliphatic heterocycles. The number of hydrogen-bond acceptors (Lipinski definition) is 1. The Bertz CT molecular complexity index is 128. The van der Waals surface area contributed by atoms with Crippen LogP contribution < -0.4 is 0 Å². The molecule has 11 heavy (non-hydrogen) atoms. The molecule has 1 rings (SSSR count). The van der Waals surface area contributed by atoms with Crippen LogP contribution in [0.3, 0.4) is 0 Å². The Balaban J connectivity index is 2.48. The van der Waals surface area contributed by atoms with E-state index in [-0.39, 0.29) is 12.8 Å². The number of halogens is 2. The third-order valence-electron chi connectivity index (χ3n) is 2.55. The SMILES string of the molecule is CC1CCC(O)(C(F)F)CC1. The smallest absolute Gasteiger partial charge is 0.266 e. The van der Waals surface area contributed by atoms with Crippen molar-refractivity contribution in [3.05, 3.63) is 0 Å². The maximum atomic E-state index is 12.2. The standard InChI is InChI=1S/C8H14F2O/c1-6-2-4-8(11,5-3-6)7(9)10/h6-7,11H,2-5H2,1H3. The minimum absolute atomic E-state index is 0.256. The molecule has 1 aliphatic rings. The van der Waals surface area contributed by atoms with E-state index >= 15 is 0 Å². The van der Waals surface area contributed by atoms with Crippen molar-refractivity contribution >= 4 is 0 Å². The summed E-state index contributed by atoms with van der Waals surface area (Å²) in [4.78, 5) is 0. The lowest BCUT2D eigenvalue weighted by molar-refractivity contribution is -0.121. The van der Waals surface area contributed by atoms with Crippen molar-refractivity contribution in [1.82, 2.24) is 0 Å². The first-order valence-electron chi connectivity index (χ1n) is 4.05. The van der Waals surface area contributed by atoms with Gasteiger partial charge in [-0.25, -0.2) is 8.78 Å². The van der Waals surface area contributed by atoms with Crippen LogP contribution in [-0.2, 0) is 0 Å². The average Bonchev–Trinajstić information content (AvgIpc) is 1.95. The average molecular weight is 164 g/mol. The Hall–Kier alpha value is -0.180. The van der Waals surface area contributed by atoms with Gasteiger partial charge in [0.15, 0.2) is 0 Å². The first-order chi connectivity index (χ1) is 5.04. The first kappa shape index (κ1) is 8.91. The molecule has 0 aromatic rings. The second kappa shape index (κ2) is 3.05. The lowest BCUT2D eigenvalue weighted by Gasteiger charge is -2.33. The van der Waals surface area contributed by atoms with Crippen molar-refractivity contribution in [3.8, 4) is 0 Å². The fraction of sp³-hybridized carbons (Fsp3) is 1.00. The molecule has 3 heteroatoms. The summed E-state index contributed by atoms with van der Waals surface area (Å²) in [5, 5.41) is 9.32. The minimum atomic E-state index is -2.57. The van der Waals surface area contributed by atoms with Gasteiger partial charge in [0.1, 0.15) is 5.60 Å². The summed E-state index contributed by atoms with van der Waals surface area (Å²) in [5.41, 5.74) is -1.67. The second-order valence-corrected chi connectivity index (χ2v) is 3.59. The Morgan fingerprint density at radius 2 is 1.82 bits per heavy atom. The summed E-state index contributed by atoms with van der Waals surface area (Å²) in [6, 6.07) is 0. The zero-order valence-corrected chi connectivity index (χ0v) is 6.69. The lowest BCUT2D eigenvalue weighted by Crippen LogP contribution is -2.40. The molecule has 1 nitrogen and oxygen atoms in total. The van der Waals surface area contributed by atoms with Crippen molar-refractivity contribution in [3.63, 3.8) is 0 Å². The highest BCUT2D eigenvalue weighted by Gasteiger charge is 2.39. The second-order valence-electron chi connectivity index (χ2n) is 3.59. The largest absolute Gasteiger partial charge is 0.384 e. The van der Waals surface area contributed by atoms with Crippen LogP contribution in [0.5, 0.6) is 0 Å². The molecule has 0 bridgehead atoms. The van der Waals surface area contributed by atoms with E-state index in [0.717, 1.165) is 12.8 Å². The van der Waals surface area contributed by atoms with Crippen LogP contribution in [0.15, 0.2) is 0 Å². The van der Waals surface area contributed by atoms with Gasteiger partial charge in [0.2, 0.25) is 0 Å². The monoisotopic (exact) mass is 164 g/mol. The fourth-order valence-electron chi connectivity index (χ4n) is 1.48. The van der Waals surface area contributed by atoms with Crippen LogP contribution in [0.2, 0.25) is 0 Å². The maximum Gasteiger partial charge on any atom is 0.266 e. The lowest BCUT2D eigenvalue weighted by atomic mass is 9.80. The van der Waals surface area contributed by atoms with Gasteiger partial charge in [0, 0.05) is 0 Å². The Morgan fingerprint density at radius 1 is 1.36 bits per heavy atom. The van der Waals surface area contributed by atoms with E-state index in [0.29, 0.717) is 5.92 Å². The van der Waals surface area contributed by atoms with Gasteiger partial charge in [0.25, 0.3) is 6.43 Å². The summed E-state index contributed by atoms with van der Waals surface area (Å²) in [5.74, 6) is 0.494. The number of rotatable bonds is 1. The molecule has 0 amide bonds. The summed E-state index contributed by atoms with van der Waals surface area (Å²) in [6.45, 7) is 2.03. The van der Waals surface area contributed by atoms with Gasteiger partial charge in [-0.2, -0.15) is 0 Å². The summed E-state index contributed by atoms with van der Waals surface area (Å²) >= 11 is 0. The van der Waals surface area contributed by atoms with Gasteiger partial charge < -0.3 is 5.11 Å². The Labute approximate surface area is 65.4 Å². The van der Waals surface area contributed by atoms with Crippen LogP contribution in [0, 0.1) is 5.92 Å². The quantitative estimate of drug-likeness (QED) is 0.629. The molecule has 1 saturated carbocycles. The summed E-state index contributed by atoms with van der Waals surface area (Å²) < 4.78 is 24.4. The summed E-state index contributed by atoms with van der Waals surface area (Å²) in [7, 11) is 0. The van der Waals surface area contributed by atoms with Gasteiger partial charge in [-0.05, 0) is 31.6 Å². The minimum Gasteiger partial charge on any atom is -0.384 e. The molecular formula is C8H14F2O. The van der Waals surface area contributed by atoms with Gasteiger partial charge in [-0.15, -0.1) is 0 Å². The highest BCUT2D eigenvalue weighted by Crippen LogP contribution is 2.35. The predicted octanol–water partition coefficient (Wildman–Crippen LogP) is 2.19. The van der Waals surface area contributed by atoms with Crippen LogP contribution in [0.25, 0.3) is 0 Å². The fourth-order valence-corrected chi connectivity index (χ4v) is 1.48. The van der Waals surface area contributed by atoms with E-state index < -0.39 is 12.0 Å². The summed E-state index contributed by atoms with van der Waals surface area (Å²) in [6.07, 6.45) is -0.616. The molecule has 0 heterocycles. The first-order valence-corrected chi connectivity index (χ1v) is 4.05. The van der Waals surface area contributed by atoms with Crippen molar-refractivity contribution in [1.29, 1.82) is 0 Å². The van der Waals surface area contributed by atoms with Gasteiger partial charge in [-0.1, -0.05) is 6.92 Å². The normalized spacial score (nSPS) is 39.5. The van der Waals surface area contributed by atoms with Gasteiger partial charge >= 0.3 is 0 Å². The molecule has 0 unspecified atom stereocenters. The third-order valence-corrected chi connectivity index (χ3v) is 2.55. The number of hydrogen-bond donors (Lipinski definition) is 1. The zero-order chi connectivity index (χ0) is 8.48. The van der Waals surface area contributed by atoms with Gasteiger partial charge in [0.05, 0.1) is 0 Å². The van der Waals surface area contributed by atoms with E-state index in [2.05, 4.69) is 0 Å². The number of aliphatic hydroxyl groups is 1. The Morgan fingerprint density at radius 3 is 2.18 bits per heavy atom. The molecule has 1 fully saturated rings. The molecule has 0 saturated heterocycles. The highest BCUT2D eigenvalue weighted by atomic mass is 19.3. The zero-order valence-electron chi connectivity index (χ0n) is 6.69. The number of alkyl halides is 2. The van der Waals surface area contributed by atoms with Crippen molar-refractivity contribution < 1.29 is 13.9 Å². The van der Waals surface area contributed by atoms with Crippen molar-refractivity contribution in [2.24, 2.45) is 5.92 Å². The van der Waals surface area contributed by atoms with Crippen LogP contribution in [0.1, 0.15) is 32.6 Å². The van der Waals surface area contributed by atoms with E-state index in [1.165, 1.54) is 0 Å². The topological polar surface area (TPSA) is 20.2 Å². The van der Waals surface area contributed by atoms with Gasteiger partial charge in [-0.3, -0.25) is 0 Å². The molecule has 1 N–H and O–H groups in total. The molecule has 0 radical (unpaired) electrons. The van der Waals surface area contributed by atoms with Crippen molar-refractivity contribution in [2.75, 3.05) is 0 Å². The molecule has 0 atom stereocenters. The highest BCUT2D eigenvalue weighted by molar-refractivity contribution is 4.86. The maximum absolute atomic E-state index is 12.2. The van der Waals surface area contributed by atoms with E-state index in [9.17, 15) is 13.9 Å². The Kier molecular flexibility index (Phi) is 2.47. The molecule has 66 valence electrons. The van der Waals surface area contributed by atoms with E-state index in [1.807, 2.05) is 6.92 Å². The molecule has 0 aromatic carbocycles. The van der Waals surface area contributed by atoms with Crippen LogP contribution in [-0.4, -0.2) is 17.1 Å². The third kappa shape index (κ3) is 1.89. The predicted molar refractivity (Wildman–Crippen MR) is 38.6 cm³/mol. The molecule has 0 spiro atoms.